The molecule has 0 aliphatic carbocycles. The van der Waals surface area contributed by atoms with Crippen LogP contribution in [0.1, 0.15) is 35.6 Å². The van der Waals surface area contributed by atoms with Gasteiger partial charge in [0.15, 0.2) is 11.6 Å². The number of piperidine rings is 1. The molecule has 1 unspecified atom stereocenters. The van der Waals surface area contributed by atoms with Crippen LogP contribution in [0.25, 0.3) is 0 Å². The summed E-state index contributed by atoms with van der Waals surface area (Å²) in [6.45, 7) is 3.42. The number of nitrogens with zero attached hydrogens (tertiary/aromatic N) is 5. The number of pyridine rings is 1. The van der Waals surface area contributed by atoms with Gasteiger partial charge in [0.1, 0.15) is 0 Å². The molecule has 0 amide bonds. The van der Waals surface area contributed by atoms with Crippen molar-refractivity contribution in [2.75, 3.05) is 55.0 Å². The average molecular weight is 545 g/mol. The van der Waals surface area contributed by atoms with Crippen molar-refractivity contribution in [2.45, 2.75) is 24.9 Å². The number of hydrogen-bond acceptors (Lipinski definition) is 9. The fourth-order valence-electron chi connectivity index (χ4n) is 4.64. The van der Waals surface area contributed by atoms with E-state index in [0.717, 1.165) is 31.6 Å². The summed E-state index contributed by atoms with van der Waals surface area (Å²) in [5.41, 5.74) is 3.70. The maximum absolute atomic E-state index is 14.2. The molecule has 13 heteroatoms. The minimum Gasteiger partial charge on any atom is -0.378 e. The highest BCUT2D eigenvalue weighted by Gasteiger charge is 2.36. The lowest BCUT2D eigenvalue weighted by molar-refractivity contribution is -0.138. The molecule has 3 aromatic rings. The molecule has 5 rings (SSSR count). The molecular formula is C26H28F4N8O. The predicted octanol–water partition coefficient (Wildman–Crippen LogP) is 4.52. The van der Waals surface area contributed by atoms with Gasteiger partial charge in [-0.3, -0.25) is 4.98 Å². The lowest BCUT2D eigenvalue weighted by Crippen LogP contribution is -2.37. The Balaban J connectivity index is 1.22. The average Bonchev–Trinajstić information content (AvgIpc) is 2.95. The second kappa shape index (κ2) is 11.9. The molecule has 0 saturated carbocycles. The van der Waals surface area contributed by atoms with Crippen molar-refractivity contribution >= 4 is 29.4 Å². The van der Waals surface area contributed by atoms with Crippen molar-refractivity contribution in [2.24, 2.45) is 5.10 Å². The van der Waals surface area contributed by atoms with Crippen molar-refractivity contribution in [1.29, 1.82) is 0 Å². The number of nitrogens with one attached hydrogen (secondary N) is 3. The first-order valence-corrected chi connectivity index (χ1v) is 12.7. The highest BCUT2D eigenvalue weighted by Crippen LogP contribution is 2.39. The summed E-state index contributed by atoms with van der Waals surface area (Å²) < 4.78 is 61.0. The van der Waals surface area contributed by atoms with E-state index in [4.69, 9.17) is 4.74 Å². The lowest BCUT2D eigenvalue weighted by Gasteiger charge is -2.27. The van der Waals surface area contributed by atoms with Gasteiger partial charge < -0.3 is 20.3 Å². The topological polar surface area (TPSA) is 99.6 Å². The lowest BCUT2D eigenvalue weighted by atomic mass is 9.88. The molecule has 1 aromatic carbocycles. The van der Waals surface area contributed by atoms with E-state index in [2.05, 4.69) is 36.1 Å². The Morgan fingerprint density at radius 3 is 2.62 bits per heavy atom. The number of benzene rings is 1. The number of hydrazone groups is 1. The van der Waals surface area contributed by atoms with Crippen molar-refractivity contribution in [1.82, 2.24) is 20.3 Å². The van der Waals surface area contributed by atoms with E-state index >= 15 is 0 Å². The molecule has 0 bridgehead atoms. The van der Waals surface area contributed by atoms with E-state index in [1.807, 2.05) is 0 Å². The highest BCUT2D eigenvalue weighted by atomic mass is 19.4. The van der Waals surface area contributed by atoms with Crippen LogP contribution in [-0.2, 0) is 10.9 Å². The third-order valence-corrected chi connectivity index (χ3v) is 6.57. The van der Waals surface area contributed by atoms with Crippen molar-refractivity contribution < 1.29 is 22.3 Å². The summed E-state index contributed by atoms with van der Waals surface area (Å²) in [6, 6.07) is 7.71. The molecular weight excluding hydrogens is 516 g/mol. The van der Waals surface area contributed by atoms with Gasteiger partial charge in [0.25, 0.3) is 0 Å². The van der Waals surface area contributed by atoms with Crippen molar-refractivity contribution in [3.05, 3.63) is 65.4 Å². The van der Waals surface area contributed by atoms with Crippen LogP contribution in [-0.4, -0.2) is 60.6 Å². The summed E-state index contributed by atoms with van der Waals surface area (Å²) in [5, 5.41) is 10.2. The van der Waals surface area contributed by atoms with Crippen LogP contribution in [0.5, 0.6) is 0 Å². The van der Waals surface area contributed by atoms with Gasteiger partial charge in [-0.05, 0) is 55.1 Å². The Kier molecular flexibility index (Phi) is 8.17. The van der Waals surface area contributed by atoms with Crippen molar-refractivity contribution in [3.63, 3.8) is 0 Å². The summed E-state index contributed by atoms with van der Waals surface area (Å²) in [4.78, 5) is 14.1. The van der Waals surface area contributed by atoms with Gasteiger partial charge in [-0.2, -0.15) is 23.3 Å². The molecule has 206 valence electrons. The summed E-state index contributed by atoms with van der Waals surface area (Å²) in [5.74, 6) is -0.388. The van der Waals surface area contributed by atoms with Gasteiger partial charge in [-0.1, -0.05) is 6.07 Å². The zero-order chi connectivity index (χ0) is 27.2. The SMILES string of the molecule is Fc1cnc(N/N=C/c2ccc(Nc3ccc(C4CCCNC4)c(C(F)(F)F)c3)cn2)nc1N1CCOCC1. The second-order valence-electron chi connectivity index (χ2n) is 9.27. The van der Waals surface area contributed by atoms with Gasteiger partial charge in [-0.15, -0.1) is 0 Å². The van der Waals surface area contributed by atoms with Gasteiger partial charge in [0, 0.05) is 25.3 Å². The molecule has 1 atom stereocenters. The third kappa shape index (κ3) is 6.79. The van der Waals surface area contributed by atoms with Crippen LogP contribution in [0.2, 0.25) is 0 Å². The first-order chi connectivity index (χ1) is 18.9. The minimum atomic E-state index is -4.45. The normalized spacial score (nSPS) is 18.4. The van der Waals surface area contributed by atoms with Crippen LogP contribution in [0.3, 0.4) is 0 Å². The first kappa shape index (κ1) is 26.8. The standard InChI is InChI=1S/C26H28F4N8O/c27-23-16-33-25(36-24(23)38-8-10-39-11-9-38)37-34-15-19-3-4-20(14-32-19)35-18-5-6-21(17-2-1-7-31-13-17)22(12-18)26(28,29)30/h3-6,12,14-17,31,35H,1-2,7-11,13H2,(H,33,36,37)/b34-15+. The van der Waals surface area contributed by atoms with E-state index in [0.29, 0.717) is 55.5 Å². The number of anilines is 4. The maximum atomic E-state index is 14.2. The zero-order valence-electron chi connectivity index (χ0n) is 21.0. The quantitative estimate of drug-likeness (QED) is 0.227. The fraction of sp³-hybridized carbons (Fsp3) is 0.385. The van der Waals surface area contributed by atoms with E-state index in [1.165, 1.54) is 12.4 Å². The molecule has 2 saturated heterocycles. The van der Waals surface area contributed by atoms with Crippen molar-refractivity contribution in [3.8, 4) is 0 Å². The van der Waals surface area contributed by atoms with Crippen LogP contribution < -0.4 is 21.0 Å². The number of morpholine rings is 1. The highest BCUT2D eigenvalue weighted by molar-refractivity contribution is 5.78. The number of alkyl halides is 3. The zero-order valence-corrected chi connectivity index (χ0v) is 21.0. The first-order valence-electron chi connectivity index (χ1n) is 12.7. The molecule has 2 fully saturated rings. The Morgan fingerprint density at radius 2 is 1.90 bits per heavy atom. The van der Waals surface area contributed by atoms with Gasteiger partial charge in [0.2, 0.25) is 5.95 Å². The number of rotatable bonds is 7. The van der Waals surface area contributed by atoms with Crippen LogP contribution in [0.15, 0.2) is 47.8 Å². The molecule has 2 aliphatic rings. The summed E-state index contributed by atoms with van der Waals surface area (Å²) in [7, 11) is 0. The van der Waals surface area contributed by atoms with Crippen LogP contribution in [0.4, 0.5) is 40.7 Å². The number of ether oxygens (including phenoxy) is 1. The summed E-state index contributed by atoms with van der Waals surface area (Å²) in [6.07, 6.45) is 1.14. The second-order valence-corrected chi connectivity index (χ2v) is 9.27. The van der Waals surface area contributed by atoms with E-state index in [-0.39, 0.29) is 17.7 Å². The Hall–Kier alpha value is -3.84. The van der Waals surface area contributed by atoms with Gasteiger partial charge in [0.05, 0.1) is 48.8 Å². The third-order valence-electron chi connectivity index (χ3n) is 6.57. The van der Waals surface area contributed by atoms with Gasteiger partial charge >= 0.3 is 6.18 Å². The van der Waals surface area contributed by atoms with E-state index in [1.54, 1.807) is 29.2 Å². The Morgan fingerprint density at radius 1 is 1.08 bits per heavy atom. The van der Waals surface area contributed by atoms with E-state index in [9.17, 15) is 17.6 Å². The molecule has 39 heavy (non-hydrogen) atoms. The van der Waals surface area contributed by atoms with E-state index < -0.39 is 17.6 Å². The number of hydrogen-bond donors (Lipinski definition) is 3. The molecule has 0 radical (unpaired) electrons. The number of halogens is 4. The Labute approximate surface area is 222 Å². The maximum Gasteiger partial charge on any atom is 0.416 e. The molecule has 0 spiro atoms. The fourth-order valence-corrected chi connectivity index (χ4v) is 4.64. The summed E-state index contributed by atoms with van der Waals surface area (Å²) >= 11 is 0. The van der Waals surface area contributed by atoms with Gasteiger partial charge in [-0.25, -0.2) is 14.8 Å². The molecule has 9 nitrogen and oxygen atoms in total. The minimum absolute atomic E-state index is 0.125. The van der Waals surface area contributed by atoms with Crippen LogP contribution >= 0.6 is 0 Å². The number of aromatic nitrogens is 3. The smallest absolute Gasteiger partial charge is 0.378 e. The predicted molar refractivity (Wildman–Crippen MR) is 140 cm³/mol. The van der Waals surface area contributed by atoms with Crippen LogP contribution in [0, 0.1) is 5.82 Å². The molecule has 3 N–H and O–H groups in total. The Bertz CT molecular complexity index is 1290. The molecule has 4 heterocycles. The molecule has 2 aliphatic heterocycles. The largest absolute Gasteiger partial charge is 0.416 e. The molecule has 2 aromatic heterocycles. The monoisotopic (exact) mass is 544 g/mol.